The molecule has 0 radical (unpaired) electrons. The van der Waals surface area contributed by atoms with Gasteiger partial charge < -0.3 is 5.11 Å². The molecule has 6 heteroatoms. The van der Waals surface area contributed by atoms with Crippen molar-refractivity contribution in [3.63, 3.8) is 0 Å². The Kier molecular flexibility index (Phi) is 5.44. The molecule has 3 nitrogen and oxygen atoms in total. The van der Waals surface area contributed by atoms with Gasteiger partial charge in [0, 0.05) is 0 Å². The SMILES string of the molecule is CCC1CCCN(C(CC(=O)O)C(F)(F)F)CC1. The molecular weight excluding hydrogens is 247 g/mol. The van der Waals surface area contributed by atoms with Crippen LogP contribution in [0.25, 0.3) is 0 Å². The lowest BCUT2D eigenvalue weighted by Crippen LogP contribution is -2.47. The Morgan fingerprint density at radius 1 is 1.39 bits per heavy atom. The number of nitrogens with zero attached hydrogens (tertiary/aromatic N) is 1. The number of hydrogen-bond donors (Lipinski definition) is 1. The quantitative estimate of drug-likeness (QED) is 0.851. The van der Waals surface area contributed by atoms with Gasteiger partial charge in [-0.2, -0.15) is 13.2 Å². The van der Waals surface area contributed by atoms with E-state index in [-0.39, 0.29) is 0 Å². The Labute approximate surface area is 105 Å². The van der Waals surface area contributed by atoms with Gasteiger partial charge in [0.25, 0.3) is 0 Å². The highest BCUT2D eigenvalue weighted by Crippen LogP contribution is 2.30. The van der Waals surface area contributed by atoms with Crippen molar-refractivity contribution in [1.29, 1.82) is 0 Å². The van der Waals surface area contributed by atoms with E-state index in [4.69, 9.17) is 5.11 Å². The minimum atomic E-state index is -4.47. The van der Waals surface area contributed by atoms with Gasteiger partial charge >= 0.3 is 12.1 Å². The summed E-state index contributed by atoms with van der Waals surface area (Å²) in [6.07, 6.45) is -1.98. The summed E-state index contributed by atoms with van der Waals surface area (Å²) in [6, 6.07) is -1.84. The third-order valence-corrected chi connectivity index (χ3v) is 3.65. The van der Waals surface area contributed by atoms with Crippen molar-refractivity contribution in [2.45, 2.75) is 51.2 Å². The molecule has 1 heterocycles. The third-order valence-electron chi connectivity index (χ3n) is 3.65. The first-order chi connectivity index (χ1) is 8.34. The van der Waals surface area contributed by atoms with E-state index in [2.05, 4.69) is 0 Å². The number of hydrogen-bond acceptors (Lipinski definition) is 2. The minimum absolute atomic E-state index is 0.341. The van der Waals surface area contributed by atoms with Gasteiger partial charge in [0.2, 0.25) is 0 Å². The molecule has 0 bridgehead atoms. The van der Waals surface area contributed by atoms with E-state index in [1.807, 2.05) is 6.92 Å². The van der Waals surface area contributed by atoms with Crippen LogP contribution in [0.15, 0.2) is 0 Å². The molecular formula is C12H20F3NO2. The Bertz CT molecular complexity index is 281. The number of carboxylic acids is 1. The molecule has 0 saturated carbocycles. The summed E-state index contributed by atoms with van der Waals surface area (Å²) in [7, 11) is 0. The second-order valence-corrected chi connectivity index (χ2v) is 4.90. The summed E-state index contributed by atoms with van der Waals surface area (Å²) in [5.74, 6) is -0.928. The monoisotopic (exact) mass is 267 g/mol. The lowest BCUT2D eigenvalue weighted by Gasteiger charge is -2.31. The zero-order valence-electron chi connectivity index (χ0n) is 10.5. The fourth-order valence-corrected chi connectivity index (χ4v) is 2.52. The number of alkyl halides is 3. The lowest BCUT2D eigenvalue weighted by atomic mass is 9.98. The molecule has 18 heavy (non-hydrogen) atoms. The topological polar surface area (TPSA) is 40.5 Å². The Morgan fingerprint density at radius 3 is 2.56 bits per heavy atom. The molecule has 1 saturated heterocycles. The molecule has 1 fully saturated rings. The highest BCUT2D eigenvalue weighted by Gasteiger charge is 2.44. The fraction of sp³-hybridized carbons (Fsp3) is 0.917. The zero-order chi connectivity index (χ0) is 13.8. The van der Waals surface area contributed by atoms with Crippen LogP contribution in [0.3, 0.4) is 0 Å². The van der Waals surface area contributed by atoms with Crippen molar-refractivity contribution in [1.82, 2.24) is 4.90 Å². The van der Waals surface area contributed by atoms with E-state index in [1.54, 1.807) is 0 Å². The normalized spacial score (nSPS) is 24.6. The van der Waals surface area contributed by atoms with Crippen LogP contribution in [-0.2, 0) is 4.79 Å². The highest BCUT2D eigenvalue weighted by atomic mass is 19.4. The van der Waals surface area contributed by atoms with Crippen LogP contribution in [0.5, 0.6) is 0 Å². The highest BCUT2D eigenvalue weighted by molar-refractivity contribution is 5.67. The molecule has 0 spiro atoms. The van der Waals surface area contributed by atoms with Crippen LogP contribution in [0.1, 0.15) is 39.0 Å². The van der Waals surface area contributed by atoms with Gasteiger partial charge in [-0.15, -0.1) is 0 Å². The van der Waals surface area contributed by atoms with Crippen LogP contribution in [0, 0.1) is 5.92 Å². The first kappa shape index (κ1) is 15.3. The van der Waals surface area contributed by atoms with Crippen molar-refractivity contribution < 1.29 is 23.1 Å². The molecule has 1 aliphatic rings. The average Bonchev–Trinajstić information content (AvgIpc) is 2.49. The van der Waals surface area contributed by atoms with Crippen molar-refractivity contribution in [2.75, 3.05) is 13.1 Å². The number of halogens is 3. The van der Waals surface area contributed by atoms with Gasteiger partial charge in [0.1, 0.15) is 6.04 Å². The van der Waals surface area contributed by atoms with Gasteiger partial charge in [-0.05, 0) is 38.3 Å². The van der Waals surface area contributed by atoms with Crippen LogP contribution in [0.2, 0.25) is 0 Å². The second kappa shape index (κ2) is 6.41. The van der Waals surface area contributed by atoms with E-state index in [1.165, 1.54) is 4.90 Å². The number of carbonyl (C=O) groups is 1. The Balaban J connectivity index is 2.70. The van der Waals surface area contributed by atoms with E-state index in [0.717, 1.165) is 19.3 Å². The molecule has 1 N–H and O–H groups in total. The van der Waals surface area contributed by atoms with Crippen LogP contribution < -0.4 is 0 Å². The summed E-state index contributed by atoms with van der Waals surface area (Å²) in [6.45, 7) is 2.72. The first-order valence-electron chi connectivity index (χ1n) is 6.37. The second-order valence-electron chi connectivity index (χ2n) is 4.90. The molecule has 0 aromatic carbocycles. The number of carboxylic acid groups (broad SMARTS) is 1. The fourth-order valence-electron chi connectivity index (χ4n) is 2.52. The molecule has 2 atom stereocenters. The molecule has 0 aliphatic carbocycles. The molecule has 0 aromatic heterocycles. The van der Waals surface area contributed by atoms with Gasteiger partial charge in [-0.25, -0.2) is 0 Å². The number of aliphatic carboxylic acids is 1. The smallest absolute Gasteiger partial charge is 0.404 e. The molecule has 0 aromatic rings. The predicted octanol–water partition coefficient (Wildman–Crippen LogP) is 2.90. The summed E-state index contributed by atoms with van der Waals surface area (Å²) in [4.78, 5) is 11.9. The molecule has 2 unspecified atom stereocenters. The Morgan fingerprint density at radius 2 is 2.06 bits per heavy atom. The summed E-state index contributed by atoms with van der Waals surface area (Å²) in [5, 5.41) is 8.62. The maximum absolute atomic E-state index is 12.9. The van der Waals surface area contributed by atoms with Crippen molar-refractivity contribution >= 4 is 5.97 Å². The number of likely N-dealkylation sites (tertiary alicyclic amines) is 1. The van der Waals surface area contributed by atoms with Crippen molar-refractivity contribution in [3.05, 3.63) is 0 Å². The maximum atomic E-state index is 12.9. The summed E-state index contributed by atoms with van der Waals surface area (Å²) >= 11 is 0. The van der Waals surface area contributed by atoms with Crippen molar-refractivity contribution in [3.8, 4) is 0 Å². The van der Waals surface area contributed by atoms with Gasteiger partial charge in [0.15, 0.2) is 0 Å². The third kappa shape index (κ3) is 4.48. The predicted molar refractivity (Wildman–Crippen MR) is 61.3 cm³/mol. The van der Waals surface area contributed by atoms with E-state index < -0.39 is 24.6 Å². The van der Waals surface area contributed by atoms with Gasteiger partial charge in [0.05, 0.1) is 6.42 Å². The molecule has 0 amide bonds. The molecule has 1 aliphatic heterocycles. The summed E-state index contributed by atoms with van der Waals surface area (Å²) < 4.78 is 38.6. The Hall–Kier alpha value is -0.780. The maximum Gasteiger partial charge on any atom is 0.404 e. The van der Waals surface area contributed by atoms with Crippen LogP contribution >= 0.6 is 0 Å². The lowest BCUT2D eigenvalue weighted by molar-refractivity contribution is -0.190. The minimum Gasteiger partial charge on any atom is -0.481 e. The number of rotatable bonds is 4. The first-order valence-corrected chi connectivity index (χ1v) is 6.37. The average molecular weight is 267 g/mol. The van der Waals surface area contributed by atoms with E-state index >= 15 is 0 Å². The summed E-state index contributed by atoms with van der Waals surface area (Å²) in [5.41, 5.74) is 0. The standard InChI is InChI=1S/C12H20F3NO2/c1-2-9-4-3-6-16(7-5-9)10(8-11(17)18)12(13,14)15/h9-10H,2-8H2,1H3,(H,17,18). The van der Waals surface area contributed by atoms with Crippen LogP contribution in [-0.4, -0.2) is 41.3 Å². The van der Waals surface area contributed by atoms with Gasteiger partial charge in [-0.3, -0.25) is 9.69 Å². The van der Waals surface area contributed by atoms with Gasteiger partial charge in [-0.1, -0.05) is 13.3 Å². The van der Waals surface area contributed by atoms with E-state index in [9.17, 15) is 18.0 Å². The molecule has 106 valence electrons. The molecule has 1 rings (SSSR count). The van der Waals surface area contributed by atoms with E-state index in [0.29, 0.717) is 25.4 Å². The zero-order valence-corrected chi connectivity index (χ0v) is 10.5. The van der Waals surface area contributed by atoms with Crippen molar-refractivity contribution in [2.24, 2.45) is 5.92 Å². The largest absolute Gasteiger partial charge is 0.481 e. The van der Waals surface area contributed by atoms with Crippen LogP contribution in [0.4, 0.5) is 13.2 Å².